The van der Waals surface area contributed by atoms with Gasteiger partial charge in [-0.3, -0.25) is 4.79 Å². The van der Waals surface area contributed by atoms with Gasteiger partial charge in [-0.15, -0.1) is 0 Å². The predicted molar refractivity (Wildman–Crippen MR) is 103 cm³/mol. The smallest absolute Gasteiger partial charge is 0.219 e. The van der Waals surface area contributed by atoms with Gasteiger partial charge < -0.3 is 10.1 Å². The van der Waals surface area contributed by atoms with Crippen LogP contribution in [0, 0.1) is 0 Å². The topological polar surface area (TPSA) is 38.3 Å². The summed E-state index contributed by atoms with van der Waals surface area (Å²) in [7, 11) is 1.68. The third-order valence-electron chi connectivity index (χ3n) is 4.39. The zero-order chi connectivity index (χ0) is 17.6. The predicted octanol–water partition coefficient (Wildman–Crippen LogP) is 4.58. The third kappa shape index (κ3) is 4.00. The molecule has 1 N–H and O–H groups in total. The van der Waals surface area contributed by atoms with Crippen molar-refractivity contribution in [3.63, 3.8) is 0 Å². The van der Waals surface area contributed by atoms with Crippen LogP contribution in [0.25, 0.3) is 21.9 Å². The average molecular weight is 333 g/mol. The Labute approximate surface area is 148 Å². The molecule has 3 aromatic rings. The number of hydrogen-bond acceptors (Lipinski definition) is 2. The van der Waals surface area contributed by atoms with Crippen LogP contribution in [-0.4, -0.2) is 19.6 Å². The first-order valence-corrected chi connectivity index (χ1v) is 8.64. The van der Waals surface area contributed by atoms with Crippen LogP contribution in [0.3, 0.4) is 0 Å². The van der Waals surface area contributed by atoms with Gasteiger partial charge in [0.05, 0.1) is 7.11 Å². The fourth-order valence-corrected chi connectivity index (χ4v) is 3.01. The molecule has 0 atom stereocenters. The van der Waals surface area contributed by atoms with Crippen LogP contribution in [0.2, 0.25) is 0 Å². The largest absolute Gasteiger partial charge is 0.497 e. The molecule has 0 fully saturated rings. The van der Waals surface area contributed by atoms with Gasteiger partial charge in [0.2, 0.25) is 5.91 Å². The fraction of sp³-hybridized carbons (Fsp3) is 0.227. The molecule has 0 bridgehead atoms. The van der Waals surface area contributed by atoms with Crippen molar-refractivity contribution in [2.75, 3.05) is 13.7 Å². The monoisotopic (exact) mass is 333 g/mol. The molecule has 0 saturated carbocycles. The summed E-state index contributed by atoms with van der Waals surface area (Å²) in [5.74, 6) is 0.930. The van der Waals surface area contributed by atoms with Crippen molar-refractivity contribution in [2.24, 2.45) is 0 Å². The summed E-state index contributed by atoms with van der Waals surface area (Å²) >= 11 is 0. The van der Waals surface area contributed by atoms with Crippen LogP contribution < -0.4 is 10.1 Å². The van der Waals surface area contributed by atoms with Gasteiger partial charge in [0, 0.05) is 13.0 Å². The lowest BCUT2D eigenvalue weighted by Gasteiger charge is -2.13. The van der Waals surface area contributed by atoms with E-state index >= 15 is 0 Å². The van der Waals surface area contributed by atoms with E-state index in [1.54, 1.807) is 7.11 Å². The summed E-state index contributed by atoms with van der Waals surface area (Å²) in [6, 6.07) is 20.9. The van der Waals surface area contributed by atoms with E-state index in [1.807, 2.05) is 19.1 Å². The molecular weight excluding hydrogens is 310 g/mol. The molecule has 0 radical (unpaired) electrons. The van der Waals surface area contributed by atoms with Crippen LogP contribution >= 0.6 is 0 Å². The molecule has 3 nitrogen and oxygen atoms in total. The standard InChI is InChI=1S/C22H23NO2/c1-3-22(24)23-12-11-18-14-19(16-7-5-4-6-8-16)13-17-9-10-20(25-2)15-21(17)18/h4-10,13-15H,3,11-12H2,1-2H3,(H,23,24). The maximum Gasteiger partial charge on any atom is 0.219 e. The number of benzene rings is 3. The molecule has 0 aliphatic carbocycles. The molecule has 0 aromatic heterocycles. The molecule has 1 amide bonds. The summed E-state index contributed by atoms with van der Waals surface area (Å²) in [6.45, 7) is 2.50. The van der Waals surface area contributed by atoms with Crippen molar-refractivity contribution in [3.05, 3.63) is 66.2 Å². The molecule has 128 valence electrons. The minimum absolute atomic E-state index is 0.0844. The number of carbonyl (C=O) groups is 1. The Morgan fingerprint density at radius 1 is 1.00 bits per heavy atom. The van der Waals surface area contributed by atoms with Crippen molar-refractivity contribution in [3.8, 4) is 16.9 Å². The van der Waals surface area contributed by atoms with Gasteiger partial charge in [-0.25, -0.2) is 0 Å². The van der Waals surface area contributed by atoms with Crippen LogP contribution in [0.4, 0.5) is 0 Å². The second-order valence-electron chi connectivity index (χ2n) is 6.04. The van der Waals surface area contributed by atoms with Crippen molar-refractivity contribution in [1.29, 1.82) is 0 Å². The third-order valence-corrected chi connectivity index (χ3v) is 4.39. The van der Waals surface area contributed by atoms with Crippen LogP contribution in [0.15, 0.2) is 60.7 Å². The Kier molecular flexibility index (Phi) is 5.34. The zero-order valence-electron chi connectivity index (χ0n) is 14.7. The highest BCUT2D eigenvalue weighted by molar-refractivity contribution is 5.91. The Hall–Kier alpha value is -2.81. The number of rotatable bonds is 6. The highest BCUT2D eigenvalue weighted by Gasteiger charge is 2.08. The lowest BCUT2D eigenvalue weighted by atomic mass is 9.95. The molecule has 0 unspecified atom stereocenters. The highest BCUT2D eigenvalue weighted by Crippen LogP contribution is 2.30. The fourth-order valence-electron chi connectivity index (χ4n) is 3.01. The molecule has 0 saturated heterocycles. The Bertz CT molecular complexity index is 872. The minimum Gasteiger partial charge on any atom is -0.497 e. The highest BCUT2D eigenvalue weighted by atomic mass is 16.5. The molecule has 0 heterocycles. The second-order valence-corrected chi connectivity index (χ2v) is 6.04. The van der Waals surface area contributed by atoms with Gasteiger partial charge in [-0.05, 0) is 52.1 Å². The molecule has 3 rings (SSSR count). The summed E-state index contributed by atoms with van der Waals surface area (Å²) in [5.41, 5.74) is 3.60. The SMILES string of the molecule is CCC(=O)NCCc1cc(-c2ccccc2)cc2ccc(OC)cc12. The Morgan fingerprint density at radius 3 is 2.52 bits per heavy atom. The Balaban J connectivity index is 2.01. The quantitative estimate of drug-likeness (QED) is 0.717. The van der Waals surface area contributed by atoms with E-state index in [1.165, 1.54) is 27.5 Å². The van der Waals surface area contributed by atoms with E-state index in [2.05, 4.69) is 53.8 Å². The number of ether oxygens (including phenoxy) is 1. The maximum atomic E-state index is 11.5. The van der Waals surface area contributed by atoms with Gasteiger partial charge >= 0.3 is 0 Å². The van der Waals surface area contributed by atoms with E-state index in [9.17, 15) is 4.79 Å². The van der Waals surface area contributed by atoms with Crippen molar-refractivity contribution < 1.29 is 9.53 Å². The second kappa shape index (κ2) is 7.84. The number of fused-ring (bicyclic) bond motifs is 1. The lowest BCUT2D eigenvalue weighted by Crippen LogP contribution is -2.24. The molecule has 3 heteroatoms. The zero-order valence-corrected chi connectivity index (χ0v) is 14.7. The van der Waals surface area contributed by atoms with E-state index in [0.29, 0.717) is 13.0 Å². The molecule has 0 aliphatic heterocycles. The molecule has 0 spiro atoms. The normalized spacial score (nSPS) is 10.6. The van der Waals surface area contributed by atoms with Gasteiger partial charge in [-0.2, -0.15) is 0 Å². The average Bonchev–Trinajstić information content (AvgIpc) is 2.67. The van der Waals surface area contributed by atoms with Crippen molar-refractivity contribution in [2.45, 2.75) is 19.8 Å². The van der Waals surface area contributed by atoms with Gasteiger partial charge in [0.1, 0.15) is 5.75 Å². The first-order chi connectivity index (χ1) is 12.2. The van der Waals surface area contributed by atoms with Gasteiger partial charge in [-0.1, -0.05) is 49.4 Å². The number of amides is 1. The maximum absolute atomic E-state index is 11.5. The van der Waals surface area contributed by atoms with Crippen LogP contribution in [0.1, 0.15) is 18.9 Å². The number of hydrogen-bond donors (Lipinski definition) is 1. The van der Waals surface area contributed by atoms with Crippen molar-refractivity contribution in [1.82, 2.24) is 5.32 Å². The van der Waals surface area contributed by atoms with Crippen molar-refractivity contribution >= 4 is 16.7 Å². The first kappa shape index (κ1) is 17.0. The number of carbonyl (C=O) groups excluding carboxylic acids is 1. The summed E-state index contributed by atoms with van der Waals surface area (Å²) in [4.78, 5) is 11.5. The summed E-state index contributed by atoms with van der Waals surface area (Å²) in [6.07, 6.45) is 1.30. The van der Waals surface area contributed by atoms with Gasteiger partial charge in [0.25, 0.3) is 0 Å². The van der Waals surface area contributed by atoms with E-state index in [-0.39, 0.29) is 5.91 Å². The molecule has 25 heavy (non-hydrogen) atoms. The van der Waals surface area contributed by atoms with Crippen LogP contribution in [0.5, 0.6) is 5.75 Å². The van der Waals surface area contributed by atoms with E-state index in [0.717, 1.165) is 12.2 Å². The summed E-state index contributed by atoms with van der Waals surface area (Å²) in [5, 5.41) is 5.31. The van der Waals surface area contributed by atoms with Crippen LogP contribution in [-0.2, 0) is 11.2 Å². The lowest BCUT2D eigenvalue weighted by molar-refractivity contribution is -0.120. The first-order valence-electron chi connectivity index (χ1n) is 8.64. The minimum atomic E-state index is 0.0844. The van der Waals surface area contributed by atoms with E-state index in [4.69, 9.17) is 4.74 Å². The Morgan fingerprint density at radius 2 is 1.80 bits per heavy atom. The number of methoxy groups -OCH3 is 1. The number of nitrogens with one attached hydrogen (secondary N) is 1. The van der Waals surface area contributed by atoms with E-state index < -0.39 is 0 Å². The molecule has 3 aromatic carbocycles. The van der Waals surface area contributed by atoms with Gasteiger partial charge in [0.15, 0.2) is 0 Å². The summed E-state index contributed by atoms with van der Waals surface area (Å²) < 4.78 is 5.38. The molecular formula is C22H23NO2. The molecule has 0 aliphatic rings.